The summed E-state index contributed by atoms with van der Waals surface area (Å²) >= 11 is 0. The molecule has 164 valence electrons. The number of halogens is 3. The van der Waals surface area contributed by atoms with Crippen molar-refractivity contribution in [2.45, 2.75) is 83.2 Å². The Labute approximate surface area is 180 Å². The highest BCUT2D eigenvalue weighted by Crippen LogP contribution is 2.39. The average molecular weight is 417 g/mol. The predicted molar refractivity (Wildman–Crippen MR) is 118 cm³/mol. The van der Waals surface area contributed by atoms with E-state index in [0.29, 0.717) is 12.8 Å². The van der Waals surface area contributed by atoms with Gasteiger partial charge in [-0.2, -0.15) is 13.2 Å². The fourth-order valence-corrected chi connectivity index (χ4v) is 5.04. The van der Waals surface area contributed by atoms with Gasteiger partial charge in [0.1, 0.15) is 0 Å². The number of hydrogen-bond acceptors (Lipinski definition) is 0. The maximum atomic E-state index is 12.8. The Kier molecular flexibility index (Phi) is 8.49. The maximum absolute atomic E-state index is 12.8. The molecule has 3 rings (SSSR count). The van der Waals surface area contributed by atoms with Crippen molar-refractivity contribution in [3.05, 3.63) is 48.0 Å². The van der Waals surface area contributed by atoms with E-state index in [2.05, 4.69) is 42.7 Å². The van der Waals surface area contributed by atoms with Crippen LogP contribution < -0.4 is 0 Å². The zero-order chi connectivity index (χ0) is 21.4. The number of hydrogen-bond donors (Lipinski definition) is 0. The molecule has 3 heteroatoms. The van der Waals surface area contributed by atoms with Crippen LogP contribution in [0.4, 0.5) is 13.2 Å². The third-order valence-electron chi connectivity index (χ3n) is 7.15. The molecule has 0 bridgehead atoms. The molecule has 2 saturated carbocycles. The standard InChI is InChI=1S/C27H35F3/c1-2-3-4-21-5-7-22(8-6-21)9-10-23-11-13-24(14-12-23)15-16-25-17-19-26(20-18-25)27(28,29)30/h2,11-14,21-22,25-26H,1,3-10,17-20H2. The lowest BCUT2D eigenvalue weighted by atomic mass is 9.78. The summed E-state index contributed by atoms with van der Waals surface area (Å²) < 4.78 is 38.3. The second-order valence-electron chi connectivity index (χ2n) is 9.35. The van der Waals surface area contributed by atoms with Crippen molar-refractivity contribution in [1.82, 2.24) is 0 Å². The van der Waals surface area contributed by atoms with Gasteiger partial charge in [-0.25, -0.2) is 0 Å². The molecule has 0 N–H and O–H groups in total. The lowest BCUT2D eigenvalue weighted by Gasteiger charge is -2.28. The Bertz CT molecular complexity index is 703. The first kappa shape index (κ1) is 23.0. The molecular formula is C27H35F3. The molecule has 0 atom stereocenters. The van der Waals surface area contributed by atoms with E-state index in [0.717, 1.165) is 30.2 Å². The van der Waals surface area contributed by atoms with Crippen LogP contribution in [0.15, 0.2) is 36.9 Å². The monoisotopic (exact) mass is 416 g/mol. The van der Waals surface area contributed by atoms with Crippen LogP contribution in [0.5, 0.6) is 0 Å². The largest absolute Gasteiger partial charge is 0.391 e. The Balaban J connectivity index is 1.39. The van der Waals surface area contributed by atoms with Gasteiger partial charge in [0, 0.05) is 11.5 Å². The summed E-state index contributed by atoms with van der Waals surface area (Å²) in [6, 6.07) is 8.46. The molecule has 2 fully saturated rings. The van der Waals surface area contributed by atoms with Gasteiger partial charge in [-0.15, -0.1) is 6.58 Å². The third kappa shape index (κ3) is 7.22. The highest BCUT2D eigenvalue weighted by atomic mass is 19.4. The number of alkyl halides is 3. The van der Waals surface area contributed by atoms with E-state index >= 15 is 0 Å². The van der Waals surface area contributed by atoms with E-state index in [1.807, 2.05) is 6.08 Å². The smallest absolute Gasteiger partial charge is 0.171 e. The van der Waals surface area contributed by atoms with Crippen LogP contribution in [0.25, 0.3) is 0 Å². The molecule has 0 nitrogen and oxygen atoms in total. The fourth-order valence-electron chi connectivity index (χ4n) is 5.04. The van der Waals surface area contributed by atoms with Gasteiger partial charge in [-0.3, -0.25) is 0 Å². The van der Waals surface area contributed by atoms with Gasteiger partial charge in [0.25, 0.3) is 0 Å². The minimum absolute atomic E-state index is 0.102. The van der Waals surface area contributed by atoms with Gasteiger partial charge in [0.05, 0.1) is 5.92 Å². The Hall–Kier alpha value is -1.69. The van der Waals surface area contributed by atoms with Crippen LogP contribution in [-0.4, -0.2) is 6.18 Å². The minimum Gasteiger partial charge on any atom is -0.171 e. The zero-order valence-electron chi connectivity index (χ0n) is 18.0. The van der Waals surface area contributed by atoms with Crippen molar-refractivity contribution in [2.24, 2.45) is 23.7 Å². The Morgan fingerprint density at radius 2 is 1.47 bits per heavy atom. The summed E-state index contributed by atoms with van der Waals surface area (Å²) in [6.45, 7) is 3.83. The van der Waals surface area contributed by atoms with Crippen LogP contribution in [0.2, 0.25) is 0 Å². The van der Waals surface area contributed by atoms with Gasteiger partial charge >= 0.3 is 6.18 Å². The molecule has 1 aromatic rings. The molecule has 0 radical (unpaired) electrons. The summed E-state index contributed by atoms with van der Waals surface area (Å²) in [5, 5.41) is 0. The van der Waals surface area contributed by atoms with Crippen molar-refractivity contribution in [1.29, 1.82) is 0 Å². The lowest BCUT2D eigenvalue weighted by molar-refractivity contribution is -0.182. The number of aryl methyl sites for hydroxylation is 1. The van der Waals surface area contributed by atoms with E-state index < -0.39 is 12.1 Å². The summed E-state index contributed by atoms with van der Waals surface area (Å²) in [4.78, 5) is 0. The Morgan fingerprint density at radius 1 is 0.867 bits per heavy atom. The maximum Gasteiger partial charge on any atom is 0.391 e. The second-order valence-corrected chi connectivity index (χ2v) is 9.35. The van der Waals surface area contributed by atoms with E-state index in [-0.39, 0.29) is 18.8 Å². The molecule has 0 aliphatic heterocycles. The molecular weight excluding hydrogens is 381 g/mol. The molecule has 1 aromatic carbocycles. The number of allylic oxidation sites excluding steroid dienone is 1. The van der Waals surface area contributed by atoms with Crippen LogP contribution in [-0.2, 0) is 6.42 Å². The van der Waals surface area contributed by atoms with Gasteiger partial charge < -0.3 is 0 Å². The second kappa shape index (κ2) is 11.1. The molecule has 0 amide bonds. The quantitative estimate of drug-likeness (QED) is 0.324. The predicted octanol–water partition coefficient (Wildman–Crippen LogP) is 8.11. The third-order valence-corrected chi connectivity index (χ3v) is 7.15. The molecule has 2 aliphatic rings. The van der Waals surface area contributed by atoms with Crippen molar-refractivity contribution in [3.8, 4) is 11.8 Å². The molecule has 2 aliphatic carbocycles. The van der Waals surface area contributed by atoms with Crippen molar-refractivity contribution >= 4 is 0 Å². The number of benzene rings is 1. The lowest BCUT2D eigenvalue weighted by Crippen LogP contribution is -2.27. The molecule has 0 spiro atoms. The average Bonchev–Trinajstić information content (AvgIpc) is 2.76. The van der Waals surface area contributed by atoms with Crippen LogP contribution >= 0.6 is 0 Å². The molecule has 0 saturated heterocycles. The van der Waals surface area contributed by atoms with E-state index in [4.69, 9.17) is 0 Å². The van der Waals surface area contributed by atoms with Crippen molar-refractivity contribution in [3.63, 3.8) is 0 Å². The van der Waals surface area contributed by atoms with Gasteiger partial charge in [-0.05, 0) is 80.9 Å². The van der Waals surface area contributed by atoms with Gasteiger partial charge in [0.2, 0.25) is 0 Å². The summed E-state index contributed by atoms with van der Waals surface area (Å²) in [5.41, 5.74) is 2.33. The minimum atomic E-state index is -4.04. The van der Waals surface area contributed by atoms with Gasteiger partial charge in [-0.1, -0.05) is 55.7 Å². The van der Waals surface area contributed by atoms with Gasteiger partial charge in [0.15, 0.2) is 0 Å². The van der Waals surface area contributed by atoms with Crippen LogP contribution in [0, 0.1) is 35.5 Å². The molecule has 30 heavy (non-hydrogen) atoms. The first-order valence-corrected chi connectivity index (χ1v) is 11.7. The summed E-state index contributed by atoms with van der Waals surface area (Å²) in [6.07, 6.45) is 9.88. The SMILES string of the molecule is C=CCCC1CCC(CCc2ccc(C#CC3CCC(C(F)(F)F)CC3)cc2)CC1. The van der Waals surface area contributed by atoms with E-state index in [1.165, 1.54) is 44.1 Å². The highest BCUT2D eigenvalue weighted by molar-refractivity contribution is 5.36. The number of rotatable bonds is 6. The van der Waals surface area contributed by atoms with E-state index in [9.17, 15) is 13.2 Å². The zero-order valence-corrected chi connectivity index (χ0v) is 18.0. The Morgan fingerprint density at radius 3 is 2.03 bits per heavy atom. The summed E-state index contributed by atoms with van der Waals surface area (Å²) in [7, 11) is 0. The topological polar surface area (TPSA) is 0 Å². The molecule has 0 heterocycles. The van der Waals surface area contributed by atoms with Crippen LogP contribution in [0.3, 0.4) is 0 Å². The normalized spacial score (nSPS) is 27.2. The van der Waals surface area contributed by atoms with Crippen molar-refractivity contribution in [2.75, 3.05) is 0 Å². The first-order valence-electron chi connectivity index (χ1n) is 11.7. The molecule has 0 unspecified atom stereocenters. The fraction of sp³-hybridized carbons (Fsp3) is 0.630. The first-order chi connectivity index (χ1) is 14.4. The summed E-state index contributed by atoms with van der Waals surface area (Å²) in [5.74, 6) is 7.13. The van der Waals surface area contributed by atoms with E-state index in [1.54, 1.807) is 0 Å². The molecule has 0 aromatic heterocycles. The van der Waals surface area contributed by atoms with Crippen molar-refractivity contribution < 1.29 is 13.2 Å². The highest BCUT2D eigenvalue weighted by Gasteiger charge is 2.41. The van der Waals surface area contributed by atoms with Crippen LogP contribution in [0.1, 0.15) is 81.8 Å².